The number of nitriles is 1. The Morgan fingerprint density at radius 1 is 1.55 bits per heavy atom. The number of rotatable bonds is 6. The normalized spacial score (nSPS) is 18.9. The maximum absolute atomic E-state index is 13.2. The molecule has 20 heavy (non-hydrogen) atoms. The number of aryl methyl sites for hydroxylation is 1. The number of benzene rings is 1. The Morgan fingerprint density at radius 3 is 2.85 bits per heavy atom. The Kier molecular flexibility index (Phi) is 4.29. The Bertz CT molecular complexity index is 522. The van der Waals surface area contributed by atoms with Gasteiger partial charge in [0.25, 0.3) is 0 Å². The second kappa shape index (κ2) is 5.80. The molecular formula is C16H21FN2O. The van der Waals surface area contributed by atoms with Crippen molar-refractivity contribution in [3.8, 4) is 11.8 Å². The lowest BCUT2D eigenvalue weighted by Crippen LogP contribution is -2.45. The minimum Gasteiger partial charge on any atom is -0.490 e. The summed E-state index contributed by atoms with van der Waals surface area (Å²) in [5.74, 6) is 0.237. The molecule has 0 spiro atoms. The Hall–Kier alpha value is -1.60. The maximum Gasteiger partial charge on any atom is 0.126 e. The van der Waals surface area contributed by atoms with Crippen LogP contribution in [0, 0.1) is 24.1 Å². The summed E-state index contributed by atoms with van der Waals surface area (Å²) in [5.41, 5.74) is 0.300. The maximum atomic E-state index is 13.2. The molecule has 2 atom stereocenters. The Morgan fingerprint density at radius 2 is 2.25 bits per heavy atom. The fourth-order valence-electron chi connectivity index (χ4n) is 2.35. The van der Waals surface area contributed by atoms with Crippen LogP contribution in [0.4, 0.5) is 4.39 Å². The summed E-state index contributed by atoms with van der Waals surface area (Å²) in [7, 11) is 0. The van der Waals surface area contributed by atoms with Crippen molar-refractivity contribution in [2.24, 2.45) is 0 Å². The monoisotopic (exact) mass is 276 g/mol. The highest BCUT2D eigenvalue weighted by atomic mass is 19.1. The van der Waals surface area contributed by atoms with Crippen LogP contribution >= 0.6 is 0 Å². The molecule has 1 saturated carbocycles. The van der Waals surface area contributed by atoms with E-state index in [1.807, 2.05) is 20.8 Å². The molecule has 0 bridgehead atoms. The van der Waals surface area contributed by atoms with Gasteiger partial charge < -0.3 is 4.74 Å². The fourth-order valence-corrected chi connectivity index (χ4v) is 2.35. The molecule has 2 rings (SSSR count). The van der Waals surface area contributed by atoms with Gasteiger partial charge in [0.05, 0.1) is 12.2 Å². The molecule has 1 aliphatic rings. The van der Waals surface area contributed by atoms with Gasteiger partial charge in [0.2, 0.25) is 0 Å². The summed E-state index contributed by atoms with van der Waals surface area (Å²) >= 11 is 0. The summed E-state index contributed by atoms with van der Waals surface area (Å²) in [6.07, 6.45) is 2.67. The van der Waals surface area contributed by atoms with E-state index in [0.717, 1.165) is 18.4 Å². The van der Waals surface area contributed by atoms with Crippen molar-refractivity contribution in [3.05, 3.63) is 29.6 Å². The van der Waals surface area contributed by atoms with E-state index in [-0.39, 0.29) is 11.9 Å². The van der Waals surface area contributed by atoms with Crippen LogP contribution in [0.25, 0.3) is 0 Å². The van der Waals surface area contributed by atoms with E-state index in [1.54, 1.807) is 6.07 Å². The molecule has 4 heteroatoms. The number of ether oxygens (including phenoxy) is 1. The van der Waals surface area contributed by atoms with Crippen LogP contribution in [0.15, 0.2) is 18.2 Å². The predicted molar refractivity (Wildman–Crippen MR) is 76.0 cm³/mol. The van der Waals surface area contributed by atoms with Gasteiger partial charge in [-0.05, 0) is 45.2 Å². The second-order valence-electron chi connectivity index (χ2n) is 5.90. The van der Waals surface area contributed by atoms with Gasteiger partial charge in [-0.25, -0.2) is 4.39 Å². The summed E-state index contributed by atoms with van der Waals surface area (Å²) in [4.78, 5) is 0. The number of nitrogens with one attached hydrogen (secondary N) is 1. The number of hydrogen-bond acceptors (Lipinski definition) is 3. The standard InChI is InChI=1S/C16H21FN2O/c1-11-4-5-13(17)8-15(11)20-12(2)9-16(3,10-18)19-14-6-7-14/h4-5,8,12,14,19H,6-7,9H2,1-3H3. The molecule has 0 radical (unpaired) electrons. The molecule has 1 aliphatic carbocycles. The molecule has 1 aromatic carbocycles. The van der Waals surface area contributed by atoms with Crippen molar-refractivity contribution in [1.82, 2.24) is 5.32 Å². The smallest absolute Gasteiger partial charge is 0.126 e. The third kappa shape index (κ3) is 3.94. The molecule has 0 saturated heterocycles. The lowest BCUT2D eigenvalue weighted by Gasteiger charge is -2.27. The topological polar surface area (TPSA) is 45.0 Å². The first kappa shape index (κ1) is 14.8. The molecule has 2 unspecified atom stereocenters. The summed E-state index contributed by atoms with van der Waals surface area (Å²) in [6, 6.07) is 7.30. The fraction of sp³-hybridized carbons (Fsp3) is 0.562. The third-order valence-electron chi connectivity index (χ3n) is 3.52. The molecule has 0 heterocycles. The predicted octanol–water partition coefficient (Wildman–Crippen LogP) is 3.33. The van der Waals surface area contributed by atoms with E-state index in [9.17, 15) is 9.65 Å². The van der Waals surface area contributed by atoms with Gasteiger partial charge in [0, 0.05) is 18.5 Å². The molecular weight excluding hydrogens is 255 g/mol. The van der Waals surface area contributed by atoms with Crippen molar-refractivity contribution in [3.63, 3.8) is 0 Å². The zero-order chi connectivity index (χ0) is 14.8. The SMILES string of the molecule is Cc1ccc(F)cc1OC(C)CC(C)(C#N)NC1CC1. The van der Waals surface area contributed by atoms with Crippen LogP contribution in [0.2, 0.25) is 0 Å². The van der Waals surface area contributed by atoms with Crippen LogP contribution in [-0.4, -0.2) is 17.7 Å². The highest BCUT2D eigenvalue weighted by Crippen LogP contribution is 2.26. The lowest BCUT2D eigenvalue weighted by atomic mass is 9.96. The molecule has 0 aliphatic heterocycles. The average Bonchev–Trinajstić information content (AvgIpc) is 3.17. The molecule has 0 amide bonds. The van der Waals surface area contributed by atoms with Gasteiger partial charge in [-0.1, -0.05) is 6.07 Å². The highest BCUT2D eigenvalue weighted by Gasteiger charge is 2.34. The lowest BCUT2D eigenvalue weighted by molar-refractivity contribution is 0.177. The summed E-state index contributed by atoms with van der Waals surface area (Å²) in [6.45, 7) is 5.69. The minimum absolute atomic E-state index is 0.161. The Balaban J connectivity index is 1.98. The van der Waals surface area contributed by atoms with Crippen LogP contribution in [0.3, 0.4) is 0 Å². The van der Waals surface area contributed by atoms with Crippen LogP contribution in [-0.2, 0) is 0 Å². The number of nitrogens with zero attached hydrogens (tertiary/aromatic N) is 1. The van der Waals surface area contributed by atoms with E-state index >= 15 is 0 Å². The molecule has 1 aromatic rings. The van der Waals surface area contributed by atoms with Gasteiger partial charge in [-0.3, -0.25) is 5.32 Å². The summed E-state index contributed by atoms with van der Waals surface area (Å²) in [5, 5.41) is 12.7. The van der Waals surface area contributed by atoms with E-state index in [0.29, 0.717) is 18.2 Å². The Labute approximate surface area is 119 Å². The van der Waals surface area contributed by atoms with Gasteiger partial charge in [-0.2, -0.15) is 5.26 Å². The molecule has 108 valence electrons. The molecule has 1 N–H and O–H groups in total. The van der Waals surface area contributed by atoms with E-state index < -0.39 is 5.54 Å². The first-order chi connectivity index (χ1) is 9.42. The number of hydrogen-bond donors (Lipinski definition) is 1. The zero-order valence-electron chi connectivity index (χ0n) is 12.2. The second-order valence-corrected chi connectivity index (χ2v) is 5.90. The van der Waals surface area contributed by atoms with Gasteiger partial charge in [0.1, 0.15) is 17.1 Å². The van der Waals surface area contributed by atoms with Gasteiger partial charge >= 0.3 is 0 Å². The zero-order valence-corrected chi connectivity index (χ0v) is 12.2. The minimum atomic E-state index is -0.595. The van der Waals surface area contributed by atoms with Gasteiger partial charge in [0.15, 0.2) is 0 Å². The number of halogens is 1. The van der Waals surface area contributed by atoms with Crippen LogP contribution < -0.4 is 10.1 Å². The van der Waals surface area contributed by atoms with Crippen molar-refractivity contribution in [2.75, 3.05) is 0 Å². The molecule has 0 aromatic heterocycles. The van der Waals surface area contributed by atoms with E-state index in [4.69, 9.17) is 4.74 Å². The van der Waals surface area contributed by atoms with Gasteiger partial charge in [-0.15, -0.1) is 0 Å². The first-order valence-electron chi connectivity index (χ1n) is 7.03. The van der Waals surface area contributed by atoms with E-state index in [1.165, 1.54) is 12.1 Å². The third-order valence-corrected chi connectivity index (χ3v) is 3.52. The van der Waals surface area contributed by atoms with Crippen molar-refractivity contribution >= 4 is 0 Å². The molecule has 3 nitrogen and oxygen atoms in total. The van der Waals surface area contributed by atoms with Crippen molar-refractivity contribution in [2.45, 2.75) is 57.7 Å². The van der Waals surface area contributed by atoms with E-state index in [2.05, 4.69) is 11.4 Å². The van der Waals surface area contributed by atoms with Crippen LogP contribution in [0.5, 0.6) is 5.75 Å². The van der Waals surface area contributed by atoms with Crippen molar-refractivity contribution in [1.29, 1.82) is 5.26 Å². The largest absolute Gasteiger partial charge is 0.490 e. The summed E-state index contributed by atoms with van der Waals surface area (Å²) < 4.78 is 19.0. The average molecular weight is 276 g/mol. The first-order valence-corrected chi connectivity index (χ1v) is 7.03. The van der Waals surface area contributed by atoms with Crippen molar-refractivity contribution < 1.29 is 9.13 Å². The van der Waals surface area contributed by atoms with Crippen LogP contribution in [0.1, 0.15) is 38.7 Å². The molecule has 1 fully saturated rings. The highest BCUT2D eigenvalue weighted by molar-refractivity contribution is 5.32. The quantitative estimate of drug-likeness (QED) is 0.867.